The van der Waals surface area contributed by atoms with Gasteiger partial charge in [0.1, 0.15) is 0 Å². The minimum Gasteiger partial charge on any atom is -0.0587 e. The molecular weight excluding hydrogens is 184 g/mol. The summed E-state index contributed by atoms with van der Waals surface area (Å²) < 4.78 is 0. The van der Waals surface area contributed by atoms with Crippen molar-refractivity contribution in [2.45, 2.75) is 6.92 Å². The summed E-state index contributed by atoms with van der Waals surface area (Å²) in [4.78, 5) is 1.36. The highest BCUT2D eigenvalue weighted by molar-refractivity contribution is 7.70. The fourth-order valence-electron chi connectivity index (χ4n) is 1.06. The number of hydrogen-bond donors (Lipinski definition) is 0. The van der Waals surface area contributed by atoms with Crippen LogP contribution in [0.4, 0.5) is 0 Å². The van der Waals surface area contributed by atoms with Crippen molar-refractivity contribution in [3.63, 3.8) is 0 Å². The van der Waals surface area contributed by atoms with Crippen molar-refractivity contribution in [3.8, 4) is 10.4 Å². The van der Waals surface area contributed by atoms with Crippen LogP contribution in [-0.4, -0.2) is 0 Å². The van der Waals surface area contributed by atoms with Gasteiger partial charge in [-0.3, -0.25) is 0 Å². The van der Waals surface area contributed by atoms with Gasteiger partial charge in [-0.1, -0.05) is 29.8 Å². The van der Waals surface area contributed by atoms with Crippen LogP contribution in [-0.2, 0) is 0 Å². The number of hydrogen-bond acceptors (Lipinski definition) is 1. The van der Waals surface area contributed by atoms with E-state index >= 15 is 0 Å². The number of aryl methyl sites for hydroxylation is 1. The van der Waals surface area contributed by atoms with Crippen LogP contribution in [0.5, 0.6) is 0 Å². The van der Waals surface area contributed by atoms with Crippen molar-refractivity contribution in [2.24, 2.45) is 0 Å². The van der Waals surface area contributed by atoms with Crippen LogP contribution in [0.25, 0.3) is 10.4 Å². The Morgan fingerprint density at radius 1 is 1.08 bits per heavy atom. The standard InChI is InChI=1S/C10H9S2/c1-8-2-4-9(5-3-8)10-6-7-11-12-10/h2-7H,1H3/q+1. The van der Waals surface area contributed by atoms with Crippen LogP contribution in [0.1, 0.15) is 5.56 Å². The molecule has 0 aliphatic carbocycles. The summed E-state index contributed by atoms with van der Waals surface area (Å²) in [7, 11) is 3.60. The summed E-state index contributed by atoms with van der Waals surface area (Å²) >= 11 is 0. The Bertz CT molecular complexity index is 346. The zero-order valence-electron chi connectivity index (χ0n) is 6.78. The largest absolute Gasteiger partial charge is 0.292 e. The first-order valence-electron chi connectivity index (χ1n) is 3.80. The molecule has 0 spiro atoms. The minimum absolute atomic E-state index is 1.32. The lowest BCUT2D eigenvalue weighted by molar-refractivity contribution is 1.48. The molecule has 0 amide bonds. The third-order valence-electron chi connectivity index (χ3n) is 1.75. The van der Waals surface area contributed by atoms with Crippen LogP contribution >= 0.6 is 20.7 Å². The van der Waals surface area contributed by atoms with Crippen molar-refractivity contribution in [1.29, 1.82) is 0 Å². The van der Waals surface area contributed by atoms with E-state index < -0.39 is 0 Å². The molecule has 0 saturated heterocycles. The molecule has 0 atom stereocenters. The van der Waals surface area contributed by atoms with Gasteiger partial charge in [-0.05, 0) is 12.5 Å². The lowest BCUT2D eigenvalue weighted by Crippen LogP contribution is -1.72. The van der Waals surface area contributed by atoms with Gasteiger partial charge in [-0.15, -0.1) is 0 Å². The summed E-state index contributed by atoms with van der Waals surface area (Å²) in [6.07, 6.45) is 0. The summed E-state index contributed by atoms with van der Waals surface area (Å²) in [5.74, 6) is 0. The Labute approximate surface area is 79.5 Å². The smallest absolute Gasteiger partial charge is 0.0587 e. The SMILES string of the molecule is Cc1ccc(-c2cc[s+]s2)cc1. The maximum absolute atomic E-state index is 2.17. The van der Waals surface area contributed by atoms with E-state index in [1.54, 1.807) is 10.3 Å². The zero-order valence-corrected chi connectivity index (χ0v) is 8.41. The quantitative estimate of drug-likeness (QED) is 0.473. The molecule has 0 unspecified atom stereocenters. The molecule has 1 aromatic heterocycles. The first-order chi connectivity index (χ1) is 5.86. The maximum atomic E-state index is 2.17. The molecule has 12 heavy (non-hydrogen) atoms. The summed E-state index contributed by atoms with van der Waals surface area (Å²) in [5.41, 5.74) is 2.64. The highest BCUT2D eigenvalue weighted by atomic mass is 32.9. The molecule has 1 aromatic carbocycles. The average molecular weight is 193 g/mol. The molecule has 0 aliphatic heterocycles. The van der Waals surface area contributed by atoms with Crippen LogP contribution in [0.15, 0.2) is 35.7 Å². The molecule has 2 rings (SSSR count). The average Bonchev–Trinajstić information content (AvgIpc) is 2.58. The topological polar surface area (TPSA) is 0 Å². The van der Waals surface area contributed by atoms with Crippen molar-refractivity contribution in [2.75, 3.05) is 0 Å². The Morgan fingerprint density at radius 2 is 1.83 bits per heavy atom. The number of benzene rings is 1. The molecule has 0 N–H and O–H groups in total. The van der Waals surface area contributed by atoms with Crippen molar-refractivity contribution in [3.05, 3.63) is 41.3 Å². The van der Waals surface area contributed by atoms with E-state index in [1.165, 1.54) is 16.0 Å². The van der Waals surface area contributed by atoms with Crippen LogP contribution < -0.4 is 0 Å². The van der Waals surface area contributed by atoms with E-state index in [4.69, 9.17) is 0 Å². The van der Waals surface area contributed by atoms with Gasteiger partial charge < -0.3 is 0 Å². The molecule has 0 bridgehead atoms. The maximum Gasteiger partial charge on any atom is 0.292 e. The van der Waals surface area contributed by atoms with Gasteiger partial charge in [-0.2, -0.15) is 0 Å². The Morgan fingerprint density at radius 3 is 2.42 bits per heavy atom. The molecule has 0 fully saturated rings. The van der Waals surface area contributed by atoms with Crippen molar-refractivity contribution in [1.82, 2.24) is 0 Å². The second-order valence-electron chi connectivity index (χ2n) is 2.71. The molecule has 0 nitrogen and oxygen atoms in total. The van der Waals surface area contributed by atoms with Gasteiger partial charge in [0.25, 0.3) is 10.3 Å². The normalized spacial score (nSPS) is 10.1. The second-order valence-corrected chi connectivity index (χ2v) is 4.86. The predicted octanol–water partition coefficient (Wildman–Crippen LogP) is 4.07. The molecule has 2 heteroatoms. The molecular formula is C10H9S2+. The Kier molecular flexibility index (Phi) is 2.19. The fraction of sp³-hybridized carbons (Fsp3) is 0.100. The van der Waals surface area contributed by atoms with Crippen molar-refractivity contribution >= 4 is 20.7 Å². The van der Waals surface area contributed by atoms with Gasteiger partial charge in [0.05, 0.1) is 4.88 Å². The molecule has 0 radical (unpaired) electrons. The third kappa shape index (κ3) is 1.54. The van der Waals surface area contributed by atoms with Gasteiger partial charge in [-0.25, -0.2) is 0 Å². The third-order valence-corrected chi connectivity index (χ3v) is 3.80. The van der Waals surface area contributed by atoms with E-state index in [2.05, 4.69) is 42.6 Å². The van der Waals surface area contributed by atoms with Gasteiger partial charge >= 0.3 is 0 Å². The highest BCUT2D eigenvalue weighted by Crippen LogP contribution is 2.27. The summed E-state index contributed by atoms with van der Waals surface area (Å²) in [6.45, 7) is 2.11. The number of rotatable bonds is 1. The van der Waals surface area contributed by atoms with E-state index in [1.807, 2.05) is 10.3 Å². The van der Waals surface area contributed by atoms with Gasteiger partial charge in [0, 0.05) is 6.07 Å². The Hall–Kier alpha value is -0.730. The molecule has 1 heterocycles. The van der Waals surface area contributed by atoms with Gasteiger partial charge in [0.15, 0.2) is 10.3 Å². The Balaban J connectivity index is 2.43. The lowest BCUT2D eigenvalue weighted by Gasteiger charge is -1.94. The first kappa shape index (κ1) is 7.90. The molecule has 0 saturated carbocycles. The van der Waals surface area contributed by atoms with Crippen molar-refractivity contribution < 1.29 is 0 Å². The highest BCUT2D eigenvalue weighted by Gasteiger charge is 2.03. The van der Waals surface area contributed by atoms with Crippen LogP contribution in [0, 0.1) is 6.92 Å². The molecule has 2 aromatic rings. The van der Waals surface area contributed by atoms with E-state index in [0.717, 1.165) is 0 Å². The van der Waals surface area contributed by atoms with Crippen LogP contribution in [0.2, 0.25) is 0 Å². The van der Waals surface area contributed by atoms with Crippen LogP contribution in [0.3, 0.4) is 0 Å². The molecule has 60 valence electrons. The summed E-state index contributed by atoms with van der Waals surface area (Å²) in [5, 5.41) is 2.12. The zero-order chi connectivity index (χ0) is 8.39. The lowest BCUT2D eigenvalue weighted by atomic mass is 10.1. The van der Waals surface area contributed by atoms with E-state index in [0.29, 0.717) is 0 Å². The van der Waals surface area contributed by atoms with E-state index in [9.17, 15) is 0 Å². The predicted molar refractivity (Wildman–Crippen MR) is 56.8 cm³/mol. The first-order valence-corrected chi connectivity index (χ1v) is 6.01. The molecule has 0 aliphatic rings. The monoisotopic (exact) mass is 193 g/mol. The second kappa shape index (κ2) is 3.33. The van der Waals surface area contributed by atoms with E-state index in [-0.39, 0.29) is 0 Å². The fourth-order valence-corrected chi connectivity index (χ4v) is 2.95. The minimum atomic E-state index is 1.32. The van der Waals surface area contributed by atoms with Gasteiger partial charge in [0.2, 0.25) is 5.38 Å². The summed E-state index contributed by atoms with van der Waals surface area (Å²) in [6, 6.07) is 10.8.